The van der Waals surface area contributed by atoms with Gasteiger partial charge in [0.2, 0.25) is 0 Å². The van der Waals surface area contributed by atoms with E-state index in [9.17, 15) is 4.79 Å². The number of hydrogen-bond acceptors (Lipinski definition) is 4. The summed E-state index contributed by atoms with van der Waals surface area (Å²) in [5.41, 5.74) is 5.74. The first kappa shape index (κ1) is 14.4. The van der Waals surface area contributed by atoms with Crippen molar-refractivity contribution in [2.75, 3.05) is 33.4 Å². The third-order valence-corrected chi connectivity index (χ3v) is 3.24. The lowest BCUT2D eigenvalue weighted by Gasteiger charge is -2.25. The van der Waals surface area contributed by atoms with E-state index in [1.807, 2.05) is 7.05 Å². The van der Waals surface area contributed by atoms with Gasteiger partial charge in [-0.1, -0.05) is 0 Å². The summed E-state index contributed by atoms with van der Waals surface area (Å²) in [6, 6.07) is -0.271. The second-order valence-electron chi connectivity index (χ2n) is 4.96. The molecular weight excluding hydrogens is 220 g/mol. The van der Waals surface area contributed by atoms with Crippen molar-refractivity contribution in [1.29, 1.82) is 0 Å². The lowest BCUT2D eigenvalue weighted by molar-refractivity contribution is -0.137. The molecule has 1 rings (SSSR count). The quantitative estimate of drug-likeness (QED) is 0.683. The summed E-state index contributed by atoms with van der Waals surface area (Å²) in [6.07, 6.45) is 3.49. The SMILES string of the molecule is CN(CCC1CCOCC1)CC(N)CC(=O)O. The predicted molar refractivity (Wildman–Crippen MR) is 65.9 cm³/mol. The van der Waals surface area contributed by atoms with Crippen LogP contribution in [0.25, 0.3) is 0 Å². The Kier molecular flexibility index (Phi) is 6.47. The largest absolute Gasteiger partial charge is 0.481 e. The standard InChI is InChI=1S/C12H24N2O3/c1-14(9-11(13)8-12(15)16)5-2-10-3-6-17-7-4-10/h10-11H,2-9,13H2,1H3,(H,15,16). The van der Waals surface area contributed by atoms with E-state index in [0.717, 1.165) is 44.9 Å². The molecule has 5 heteroatoms. The van der Waals surface area contributed by atoms with Crippen LogP contribution in [0.15, 0.2) is 0 Å². The van der Waals surface area contributed by atoms with Crippen molar-refractivity contribution in [3.8, 4) is 0 Å². The van der Waals surface area contributed by atoms with E-state index in [1.54, 1.807) is 0 Å². The Morgan fingerprint density at radius 2 is 2.18 bits per heavy atom. The van der Waals surface area contributed by atoms with Gasteiger partial charge in [0.15, 0.2) is 0 Å². The highest BCUT2D eigenvalue weighted by Gasteiger charge is 2.15. The summed E-state index contributed by atoms with van der Waals surface area (Å²) < 4.78 is 5.32. The van der Waals surface area contributed by atoms with Crippen LogP contribution in [0.3, 0.4) is 0 Å². The molecule has 0 aromatic carbocycles. The van der Waals surface area contributed by atoms with Gasteiger partial charge in [-0.2, -0.15) is 0 Å². The molecule has 100 valence electrons. The number of carbonyl (C=O) groups is 1. The number of aliphatic carboxylic acids is 1. The van der Waals surface area contributed by atoms with Crippen LogP contribution in [0.1, 0.15) is 25.7 Å². The fourth-order valence-corrected chi connectivity index (χ4v) is 2.22. The highest BCUT2D eigenvalue weighted by atomic mass is 16.5. The Bertz CT molecular complexity index is 230. The van der Waals surface area contributed by atoms with Crippen LogP contribution in [-0.2, 0) is 9.53 Å². The molecule has 1 aliphatic heterocycles. The number of hydrogen-bond donors (Lipinski definition) is 2. The molecule has 3 N–H and O–H groups in total. The maximum absolute atomic E-state index is 10.5. The van der Waals surface area contributed by atoms with Gasteiger partial charge in [0, 0.05) is 25.8 Å². The number of likely N-dealkylation sites (N-methyl/N-ethyl adjacent to an activating group) is 1. The van der Waals surface area contributed by atoms with Gasteiger partial charge in [-0.05, 0) is 38.8 Å². The fourth-order valence-electron chi connectivity index (χ4n) is 2.22. The molecule has 0 aromatic heterocycles. The molecule has 0 aromatic rings. The first-order valence-electron chi connectivity index (χ1n) is 6.31. The second-order valence-corrected chi connectivity index (χ2v) is 4.96. The van der Waals surface area contributed by atoms with Gasteiger partial charge in [-0.25, -0.2) is 0 Å². The average molecular weight is 244 g/mol. The summed E-state index contributed by atoms with van der Waals surface area (Å²) in [6.45, 7) is 3.40. The van der Waals surface area contributed by atoms with Crippen LogP contribution in [-0.4, -0.2) is 55.4 Å². The number of nitrogens with two attached hydrogens (primary N) is 1. The highest BCUT2D eigenvalue weighted by Crippen LogP contribution is 2.18. The molecule has 0 amide bonds. The Balaban J connectivity index is 2.11. The summed E-state index contributed by atoms with van der Waals surface area (Å²) in [4.78, 5) is 12.6. The molecule has 0 bridgehead atoms. The van der Waals surface area contributed by atoms with Crippen molar-refractivity contribution in [3.05, 3.63) is 0 Å². The Hall–Kier alpha value is -0.650. The van der Waals surface area contributed by atoms with Crippen molar-refractivity contribution in [1.82, 2.24) is 4.90 Å². The third kappa shape index (κ3) is 6.61. The monoisotopic (exact) mass is 244 g/mol. The van der Waals surface area contributed by atoms with E-state index >= 15 is 0 Å². The molecule has 1 fully saturated rings. The first-order chi connectivity index (χ1) is 8.08. The highest BCUT2D eigenvalue weighted by molar-refractivity contribution is 5.67. The van der Waals surface area contributed by atoms with E-state index in [4.69, 9.17) is 15.6 Å². The van der Waals surface area contributed by atoms with Crippen LogP contribution >= 0.6 is 0 Å². The van der Waals surface area contributed by atoms with Crippen molar-refractivity contribution < 1.29 is 14.6 Å². The molecule has 1 unspecified atom stereocenters. The average Bonchev–Trinajstić information content (AvgIpc) is 2.26. The third-order valence-electron chi connectivity index (χ3n) is 3.24. The molecule has 0 radical (unpaired) electrons. The van der Waals surface area contributed by atoms with Crippen molar-refractivity contribution in [2.45, 2.75) is 31.7 Å². The van der Waals surface area contributed by atoms with Crippen LogP contribution in [0.2, 0.25) is 0 Å². The van der Waals surface area contributed by atoms with E-state index in [-0.39, 0.29) is 12.5 Å². The molecule has 1 atom stereocenters. The summed E-state index contributed by atoms with van der Waals surface area (Å²) in [5, 5.41) is 8.62. The molecular formula is C12H24N2O3. The number of carboxylic acids is 1. The van der Waals surface area contributed by atoms with E-state index in [0.29, 0.717) is 6.54 Å². The number of nitrogens with zero attached hydrogens (tertiary/aromatic N) is 1. The molecule has 0 spiro atoms. The molecule has 0 saturated carbocycles. The minimum atomic E-state index is -0.824. The maximum Gasteiger partial charge on any atom is 0.304 e. The van der Waals surface area contributed by atoms with Gasteiger partial charge >= 0.3 is 5.97 Å². The summed E-state index contributed by atoms with van der Waals surface area (Å²) >= 11 is 0. The lowest BCUT2D eigenvalue weighted by atomic mass is 9.96. The second kappa shape index (κ2) is 7.63. The molecule has 17 heavy (non-hydrogen) atoms. The zero-order chi connectivity index (χ0) is 12.7. The summed E-state index contributed by atoms with van der Waals surface area (Å²) in [5.74, 6) is -0.0720. The van der Waals surface area contributed by atoms with Crippen molar-refractivity contribution >= 4 is 5.97 Å². The van der Waals surface area contributed by atoms with E-state index in [1.165, 1.54) is 0 Å². The number of ether oxygens (including phenoxy) is 1. The lowest BCUT2D eigenvalue weighted by Crippen LogP contribution is -2.37. The smallest absolute Gasteiger partial charge is 0.304 e. The van der Waals surface area contributed by atoms with Gasteiger partial charge < -0.3 is 20.5 Å². The summed E-state index contributed by atoms with van der Waals surface area (Å²) in [7, 11) is 2.00. The zero-order valence-electron chi connectivity index (χ0n) is 10.6. The van der Waals surface area contributed by atoms with Crippen LogP contribution < -0.4 is 5.73 Å². The van der Waals surface area contributed by atoms with Crippen molar-refractivity contribution in [2.24, 2.45) is 11.7 Å². The zero-order valence-corrected chi connectivity index (χ0v) is 10.6. The van der Waals surface area contributed by atoms with E-state index in [2.05, 4.69) is 4.90 Å². The molecule has 1 heterocycles. The Morgan fingerprint density at radius 3 is 2.76 bits per heavy atom. The van der Waals surface area contributed by atoms with Gasteiger partial charge in [-0.15, -0.1) is 0 Å². The minimum absolute atomic E-state index is 0.0433. The van der Waals surface area contributed by atoms with Crippen LogP contribution in [0.4, 0.5) is 0 Å². The van der Waals surface area contributed by atoms with Gasteiger partial charge in [-0.3, -0.25) is 4.79 Å². The van der Waals surface area contributed by atoms with Crippen molar-refractivity contribution in [3.63, 3.8) is 0 Å². The topological polar surface area (TPSA) is 75.8 Å². The van der Waals surface area contributed by atoms with Gasteiger partial charge in [0.05, 0.1) is 6.42 Å². The minimum Gasteiger partial charge on any atom is -0.481 e. The normalized spacial score (nSPS) is 19.5. The Morgan fingerprint density at radius 1 is 1.53 bits per heavy atom. The van der Waals surface area contributed by atoms with Crippen LogP contribution in [0.5, 0.6) is 0 Å². The van der Waals surface area contributed by atoms with Gasteiger partial charge in [0.1, 0.15) is 0 Å². The molecule has 5 nitrogen and oxygen atoms in total. The predicted octanol–water partition coefficient (Wildman–Crippen LogP) is 0.537. The first-order valence-corrected chi connectivity index (χ1v) is 6.31. The van der Waals surface area contributed by atoms with Gasteiger partial charge in [0.25, 0.3) is 0 Å². The number of carboxylic acid groups (broad SMARTS) is 1. The van der Waals surface area contributed by atoms with E-state index < -0.39 is 5.97 Å². The van der Waals surface area contributed by atoms with Crippen LogP contribution in [0, 0.1) is 5.92 Å². The number of rotatable bonds is 7. The molecule has 1 aliphatic rings. The molecule has 1 saturated heterocycles. The molecule has 0 aliphatic carbocycles. The Labute approximate surface area is 103 Å². The fraction of sp³-hybridized carbons (Fsp3) is 0.917. The maximum atomic E-state index is 10.5.